The minimum Gasteiger partial charge on any atom is -0.481 e. The normalized spacial score (nSPS) is 19.6. The van der Waals surface area contributed by atoms with Crippen molar-refractivity contribution in [2.24, 2.45) is 5.92 Å². The summed E-state index contributed by atoms with van der Waals surface area (Å²) in [6, 6.07) is 0.356. The minimum atomic E-state index is -0.884. The third-order valence-electron chi connectivity index (χ3n) is 6.17. The van der Waals surface area contributed by atoms with Crippen molar-refractivity contribution in [3.63, 3.8) is 0 Å². The molecule has 0 aromatic carbocycles. The van der Waals surface area contributed by atoms with E-state index in [1.165, 1.54) is 32.1 Å². The van der Waals surface area contributed by atoms with Crippen LogP contribution < -0.4 is 0 Å². The Hall–Kier alpha value is -1.96. The summed E-state index contributed by atoms with van der Waals surface area (Å²) >= 11 is 0. The maximum atomic E-state index is 12.5. The van der Waals surface area contributed by atoms with Gasteiger partial charge in [-0.2, -0.15) is 4.98 Å². The van der Waals surface area contributed by atoms with Gasteiger partial charge in [-0.3, -0.25) is 9.59 Å². The number of hydrogen-bond donors (Lipinski definition) is 1. The van der Waals surface area contributed by atoms with E-state index in [2.05, 4.69) is 15.0 Å². The summed E-state index contributed by atoms with van der Waals surface area (Å²) in [6.07, 6.45) is 9.24. The van der Waals surface area contributed by atoms with Crippen LogP contribution in [0.2, 0.25) is 0 Å². The summed E-state index contributed by atoms with van der Waals surface area (Å²) in [5.74, 6) is -0.389. The predicted octanol–water partition coefficient (Wildman–Crippen LogP) is 2.76. The number of likely N-dealkylation sites (N-methyl/N-ethyl adjacent to an activating group) is 1. The fourth-order valence-corrected chi connectivity index (χ4v) is 4.23. The summed E-state index contributed by atoms with van der Waals surface area (Å²) in [7, 11) is 3.98. The molecule has 1 unspecified atom stereocenters. The fraction of sp³-hybridized carbons (Fsp3) is 0.800. The van der Waals surface area contributed by atoms with Crippen molar-refractivity contribution in [2.75, 3.05) is 27.2 Å². The van der Waals surface area contributed by atoms with Crippen molar-refractivity contribution >= 4 is 11.9 Å². The maximum absolute atomic E-state index is 12.5. The van der Waals surface area contributed by atoms with E-state index in [0.29, 0.717) is 25.6 Å². The summed E-state index contributed by atoms with van der Waals surface area (Å²) in [5, 5.41) is 13.1. The van der Waals surface area contributed by atoms with Crippen LogP contribution in [0.3, 0.4) is 0 Å². The molecule has 3 rings (SSSR count). The van der Waals surface area contributed by atoms with Crippen LogP contribution in [0.15, 0.2) is 4.52 Å². The molecular weight excluding hydrogens is 360 g/mol. The second-order valence-corrected chi connectivity index (χ2v) is 8.51. The zero-order valence-corrected chi connectivity index (χ0v) is 17.0. The van der Waals surface area contributed by atoms with Crippen LogP contribution in [0, 0.1) is 5.92 Å². The Bertz CT molecular complexity index is 663. The van der Waals surface area contributed by atoms with Gasteiger partial charge in [0.25, 0.3) is 11.7 Å². The summed E-state index contributed by atoms with van der Waals surface area (Å²) in [5.41, 5.74) is 0. The lowest BCUT2D eigenvalue weighted by Crippen LogP contribution is -2.59. The molecule has 8 heteroatoms. The van der Waals surface area contributed by atoms with Crippen molar-refractivity contribution in [1.82, 2.24) is 19.9 Å². The Morgan fingerprint density at radius 1 is 1.25 bits per heavy atom. The zero-order chi connectivity index (χ0) is 20.1. The van der Waals surface area contributed by atoms with E-state index in [1.54, 1.807) is 4.90 Å². The van der Waals surface area contributed by atoms with Crippen LogP contribution >= 0.6 is 0 Å². The van der Waals surface area contributed by atoms with Crippen molar-refractivity contribution in [2.45, 2.75) is 69.7 Å². The fourth-order valence-electron chi connectivity index (χ4n) is 4.23. The second kappa shape index (κ2) is 9.49. The number of hydrogen-bond acceptors (Lipinski definition) is 6. The van der Waals surface area contributed by atoms with Gasteiger partial charge in [0, 0.05) is 25.0 Å². The van der Waals surface area contributed by atoms with Crippen LogP contribution in [0.25, 0.3) is 0 Å². The maximum Gasteiger partial charge on any atom is 0.304 e. The molecule has 1 aliphatic carbocycles. The van der Waals surface area contributed by atoms with Crippen LogP contribution in [-0.2, 0) is 4.79 Å². The van der Waals surface area contributed by atoms with E-state index < -0.39 is 5.97 Å². The second-order valence-electron chi connectivity index (χ2n) is 8.51. The Morgan fingerprint density at radius 2 is 1.96 bits per heavy atom. The minimum absolute atomic E-state index is 0.0369. The summed E-state index contributed by atoms with van der Waals surface area (Å²) < 4.78 is 5.30. The van der Waals surface area contributed by atoms with Gasteiger partial charge in [-0.25, -0.2) is 0 Å². The number of aromatic nitrogens is 2. The van der Waals surface area contributed by atoms with Crippen molar-refractivity contribution < 1.29 is 19.2 Å². The number of carboxylic acids is 1. The molecule has 0 radical (unpaired) electrons. The standard InChI is InChI=1S/C20H32N4O4/c1-23(2)16-12-24(13-16)20(27)18-21-19(28-22-18)15(11-17(25)26)10-6-9-14-7-4-3-5-8-14/h14-16H,3-13H2,1-2H3,(H,25,26). The van der Waals surface area contributed by atoms with E-state index >= 15 is 0 Å². The summed E-state index contributed by atoms with van der Waals surface area (Å²) in [4.78, 5) is 31.8. The smallest absolute Gasteiger partial charge is 0.304 e. The molecule has 2 aliphatic rings. The number of carbonyl (C=O) groups excluding carboxylic acids is 1. The first-order chi connectivity index (χ1) is 13.4. The first kappa shape index (κ1) is 20.8. The Labute approximate surface area is 166 Å². The zero-order valence-electron chi connectivity index (χ0n) is 17.0. The van der Waals surface area contributed by atoms with E-state index in [1.807, 2.05) is 14.1 Å². The number of amides is 1. The van der Waals surface area contributed by atoms with Gasteiger partial charge in [0.05, 0.1) is 6.42 Å². The summed E-state index contributed by atoms with van der Waals surface area (Å²) in [6.45, 7) is 1.30. The van der Waals surface area contributed by atoms with Crippen molar-refractivity contribution in [3.8, 4) is 0 Å². The monoisotopic (exact) mass is 392 g/mol. The van der Waals surface area contributed by atoms with Crippen molar-refractivity contribution in [3.05, 3.63) is 11.7 Å². The Morgan fingerprint density at radius 3 is 2.61 bits per heavy atom. The number of carbonyl (C=O) groups is 2. The molecule has 156 valence electrons. The van der Waals surface area contributed by atoms with E-state index in [4.69, 9.17) is 4.52 Å². The van der Waals surface area contributed by atoms with Gasteiger partial charge >= 0.3 is 5.97 Å². The van der Waals surface area contributed by atoms with Gasteiger partial charge in [0.1, 0.15) is 0 Å². The molecule has 1 saturated carbocycles. The SMILES string of the molecule is CN(C)C1CN(C(=O)c2noc(C(CCCC3CCCCC3)CC(=O)O)n2)C1. The van der Waals surface area contributed by atoms with Gasteiger partial charge in [-0.15, -0.1) is 0 Å². The predicted molar refractivity (Wildman–Crippen MR) is 103 cm³/mol. The van der Waals surface area contributed by atoms with Gasteiger partial charge in [-0.05, 0) is 26.4 Å². The Balaban J connectivity index is 1.55. The van der Waals surface area contributed by atoms with Gasteiger partial charge in [0.2, 0.25) is 5.89 Å². The largest absolute Gasteiger partial charge is 0.481 e. The molecule has 1 atom stereocenters. The number of nitrogens with zero attached hydrogens (tertiary/aromatic N) is 4. The van der Waals surface area contributed by atoms with Crippen LogP contribution in [-0.4, -0.2) is 70.2 Å². The molecule has 1 aromatic heterocycles. The Kier molecular flexibility index (Phi) is 7.04. The number of aliphatic carboxylic acids is 1. The molecule has 28 heavy (non-hydrogen) atoms. The van der Waals surface area contributed by atoms with Gasteiger partial charge in [-0.1, -0.05) is 50.1 Å². The molecule has 1 aliphatic heterocycles. The highest BCUT2D eigenvalue weighted by atomic mass is 16.5. The quantitative estimate of drug-likeness (QED) is 0.690. The third-order valence-corrected chi connectivity index (χ3v) is 6.17. The first-order valence-electron chi connectivity index (χ1n) is 10.4. The topological polar surface area (TPSA) is 99.8 Å². The lowest BCUT2D eigenvalue weighted by atomic mass is 9.84. The lowest BCUT2D eigenvalue weighted by molar-refractivity contribution is -0.137. The van der Waals surface area contributed by atoms with Crippen LogP contribution in [0.4, 0.5) is 0 Å². The molecule has 1 amide bonds. The molecule has 0 spiro atoms. The number of likely N-dealkylation sites (tertiary alicyclic amines) is 1. The average molecular weight is 393 g/mol. The van der Waals surface area contributed by atoms with E-state index in [0.717, 1.165) is 18.8 Å². The molecule has 2 heterocycles. The third kappa shape index (κ3) is 5.31. The molecule has 2 fully saturated rings. The van der Waals surface area contributed by atoms with Crippen LogP contribution in [0.1, 0.15) is 80.2 Å². The molecular formula is C20H32N4O4. The first-order valence-corrected chi connectivity index (χ1v) is 10.4. The molecule has 0 bridgehead atoms. The highest BCUT2D eigenvalue weighted by Gasteiger charge is 2.35. The van der Waals surface area contributed by atoms with E-state index in [9.17, 15) is 14.7 Å². The van der Waals surface area contributed by atoms with Crippen molar-refractivity contribution in [1.29, 1.82) is 0 Å². The van der Waals surface area contributed by atoms with Gasteiger partial charge < -0.3 is 19.4 Å². The van der Waals surface area contributed by atoms with Crippen LogP contribution in [0.5, 0.6) is 0 Å². The molecule has 1 N–H and O–H groups in total. The highest BCUT2D eigenvalue weighted by molar-refractivity contribution is 5.91. The number of rotatable bonds is 9. The molecule has 1 aromatic rings. The highest BCUT2D eigenvalue weighted by Crippen LogP contribution is 2.31. The number of carboxylic acid groups (broad SMARTS) is 1. The van der Waals surface area contributed by atoms with E-state index in [-0.39, 0.29) is 30.0 Å². The average Bonchev–Trinajstić information content (AvgIpc) is 3.10. The molecule has 1 saturated heterocycles. The van der Waals surface area contributed by atoms with Gasteiger partial charge in [0.15, 0.2) is 0 Å². The molecule has 8 nitrogen and oxygen atoms in total. The lowest BCUT2D eigenvalue weighted by Gasteiger charge is -2.42.